The summed E-state index contributed by atoms with van der Waals surface area (Å²) in [5.41, 5.74) is -0.0566. The van der Waals surface area contributed by atoms with Gasteiger partial charge < -0.3 is 0 Å². The standard InChI is InChI=1S/C10H12IN5O/c1-7(2)16-9(13-5-14-16)4-15-6-12-3-8(11)10(15)17/h3,5-7H,4H2,1-2H3. The average Bonchev–Trinajstić information content (AvgIpc) is 2.73. The maximum absolute atomic E-state index is 11.8. The van der Waals surface area contributed by atoms with Crippen molar-refractivity contribution >= 4 is 22.6 Å². The molecule has 0 aliphatic heterocycles. The summed E-state index contributed by atoms with van der Waals surface area (Å²) in [6.07, 6.45) is 4.57. The van der Waals surface area contributed by atoms with Crippen LogP contribution in [0.2, 0.25) is 0 Å². The number of halogens is 1. The fourth-order valence-electron chi connectivity index (χ4n) is 1.51. The molecule has 0 aliphatic rings. The molecule has 0 N–H and O–H groups in total. The fourth-order valence-corrected chi connectivity index (χ4v) is 1.98. The third-order valence-electron chi connectivity index (χ3n) is 2.31. The van der Waals surface area contributed by atoms with Gasteiger partial charge in [-0.15, -0.1) is 0 Å². The predicted octanol–water partition coefficient (Wildman–Crippen LogP) is 1.07. The van der Waals surface area contributed by atoms with Gasteiger partial charge in [0.1, 0.15) is 12.2 Å². The van der Waals surface area contributed by atoms with E-state index < -0.39 is 0 Å². The van der Waals surface area contributed by atoms with Crippen molar-refractivity contribution in [1.29, 1.82) is 0 Å². The zero-order chi connectivity index (χ0) is 12.4. The maximum Gasteiger partial charge on any atom is 0.267 e. The molecule has 0 fully saturated rings. The molecule has 0 saturated heterocycles. The average molecular weight is 345 g/mol. The Labute approximate surface area is 112 Å². The van der Waals surface area contributed by atoms with Gasteiger partial charge in [-0.3, -0.25) is 9.36 Å². The van der Waals surface area contributed by atoms with Gasteiger partial charge in [0.2, 0.25) is 0 Å². The Morgan fingerprint density at radius 3 is 2.94 bits per heavy atom. The molecular weight excluding hydrogens is 333 g/mol. The largest absolute Gasteiger partial charge is 0.291 e. The van der Waals surface area contributed by atoms with E-state index >= 15 is 0 Å². The third kappa shape index (κ3) is 2.54. The molecule has 0 amide bonds. The second-order valence-electron chi connectivity index (χ2n) is 3.89. The van der Waals surface area contributed by atoms with E-state index in [0.29, 0.717) is 10.1 Å². The van der Waals surface area contributed by atoms with Gasteiger partial charge in [0.15, 0.2) is 0 Å². The Kier molecular flexibility index (Phi) is 3.55. The molecule has 7 heteroatoms. The molecule has 0 aromatic carbocycles. The summed E-state index contributed by atoms with van der Waals surface area (Å²) in [7, 11) is 0. The number of hydrogen-bond acceptors (Lipinski definition) is 4. The van der Waals surface area contributed by atoms with Gasteiger partial charge in [0, 0.05) is 12.2 Å². The highest BCUT2D eigenvalue weighted by molar-refractivity contribution is 14.1. The van der Waals surface area contributed by atoms with Crippen molar-refractivity contribution in [1.82, 2.24) is 24.3 Å². The van der Waals surface area contributed by atoms with E-state index in [9.17, 15) is 4.79 Å². The number of hydrogen-bond donors (Lipinski definition) is 0. The van der Waals surface area contributed by atoms with Gasteiger partial charge in [0.25, 0.3) is 5.56 Å². The molecule has 0 radical (unpaired) electrons. The van der Waals surface area contributed by atoms with Gasteiger partial charge in [-0.1, -0.05) is 0 Å². The first-order valence-corrected chi connectivity index (χ1v) is 6.26. The van der Waals surface area contributed by atoms with Crippen molar-refractivity contribution in [2.24, 2.45) is 0 Å². The van der Waals surface area contributed by atoms with E-state index in [2.05, 4.69) is 15.1 Å². The van der Waals surface area contributed by atoms with Crippen molar-refractivity contribution in [3.8, 4) is 0 Å². The second-order valence-corrected chi connectivity index (χ2v) is 5.05. The molecule has 0 bridgehead atoms. The summed E-state index contributed by atoms with van der Waals surface area (Å²) in [6.45, 7) is 4.43. The SMILES string of the molecule is CC(C)n1ncnc1Cn1cncc(I)c1=O. The maximum atomic E-state index is 11.8. The van der Waals surface area contributed by atoms with Crippen molar-refractivity contribution in [2.75, 3.05) is 0 Å². The number of rotatable bonds is 3. The number of aromatic nitrogens is 5. The minimum atomic E-state index is -0.0566. The van der Waals surface area contributed by atoms with Crippen LogP contribution in [0.3, 0.4) is 0 Å². The first-order chi connectivity index (χ1) is 8.09. The van der Waals surface area contributed by atoms with Crippen LogP contribution in [-0.2, 0) is 6.54 Å². The zero-order valence-electron chi connectivity index (χ0n) is 9.54. The number of nitrogens with zero attached hydrogens (tertiary/aromatic N) is 5. The summed E-state index contributed by atoms with van der Waals surface area (Å²) in [5, 5.41) is 4.13. The molecule has 2 heterocycles. The molecule has 0 saturated carbocycles. The predicted molar refractivity (Wildman–Crippen MR) is 70.7 cm³/mol. The van der Waals surface area contributed by atoms with Crippen molar-refractivity contribution in [3.63, 3.8) is 0 Å². The molecule has 2 rings (SSSR count). The summed E-state index contributed by atoms with van der Waals surface area (Å²) in [6, 6.07) is 0.221. The minimum absolute atomic E-state index is 0.0566. The Morgan fingerprint density at radius 1 is 1.47 bits per heavy atom. The summed E-state index contributed by atoms with van der Waals surface area (Å²) in [5.74, 6) is 0.755. The topological polar surface area (TPSA) is 65.6 Å². The first kappa shape index (κ1) is 12.2. The smallest absolute Gasteiger partial charge is 0.267 e. The van der Waals surface area contributed by atoms with Gasteiger partial charge >= 0.3 is 0 Å². The van der Waals surface area contributed by atoms with E-state index in [1.165, 1.54) is 17.2 Å². The Bertz CT molecular complexity index is 574. The van der Waals surface area contributed by atoms with Crippen LogP contribution in [-0.4, -0.2) is 24.3 Å². The molecule has 6 nitrogen and oxygen atoms in total. The Morgan fingerprint density at radius 2 is 2.24 bits per heavy atom. The van der Waals surface area contributed by atoms with Crippen LogP contribution in [0.4, 0.5) is 0 Å². The minimum Gasteiger partial charge on any atom is -0.291 e. The van der Waals surface area contributed by atoms with Crippen molar-refractivity contribution in [2.45, 2.75) is 26.4 Å². The molecule has 90 valence electrons. The highest BCUT2D eigenvalue weighted by Crippen LogP contribution is 2.06. The van der Waals surface area contributed by atoms with Crippen molar-refractivity contribution in [3.05, 3.63) is 38.6 Å². The second kappa shape index (κ2) is 4.94. The Hall–Kier alpha value is -1.25. The zero-order valence-corrected chi connectivity index (χ0v) is 11.7. The van der Waals surface area contributed by atoms with Gasteiger partial charge in [-0.2, -0.15) is 5.10 Å². The van der Waals surface area contributed by atoms with E-state index in [-0.39, 0.29) is 11.6 Å². The lowest BCUT2D eigenvalue weighted by molar-refractivity contribution is 0.492. The molecule has 2 aromatic rings. The van der Waals surface area contributed by atoms with Gasteiger partial charge in [-0.05, 0) is 36.4 Å². The van der Waals surface area contributed by atoms with Gasteiger partial charge in [0.05, 0.1) is 16.4 Å². The highest BCUT2D eigenvalue weighted by atomic mass is 127. The lowest BCUT2D eigenvalue weighted by Crippen LogP contribution is -2.25. The van der Waals surface area contributed by atoms with Crippen LogP contribution in [0.15, 0.2) is 23.6 Å². The van der Waals surface area contributed by atoms with Crippen LogP contribution in [0.5, 0.6) is 0 Å². The van der Waals surface area contributed by atoms with E-state index in [1.807, 2.05) is 36.4 Å². The lowest BCUT2D eigenvalue weighted by atomic mass is 10.4. The normalized spacial score (nSPS) is 11.1. The van der Waals surface area contributed by atoms with Crippen LogP contribution in [0, 0.1) is 3.57 Å². The molecule has 0 aliphatic carbocycles. The lowest BCUT2D eigenvalue weighted by Gasteiger charge is -2.10. The van der Waals surface area contributed by atoms with E-state index in [1.54, 1.807) is 10.9 Å². The monoisotopic (exact) mass is 345 g/mol. The van der Waals surface area contributed by atoms with E-state index in [0.717, 1.165) is 5.82 Å². The van der Waals surface area contributed by atoms with E-state index in [4.69, 9.17) is 0 Å². The fraction of sp³-hybridized carbons (Fsp3) is 0.400. The van der Waals surface area contributed by atoms with Crippen LogP contribution < -0.4 is 5.56 Å². The third-order valence-corrected chi connectivity index (χ3v) is 3.05. The molecule has 0 atom stereocenters. The van der Waals surface area contributed by atoms with Gasteiger partial charge in [-0.25, -0.2) is 14.6 Å². The highest BCUT2D eigenvalue weighted by Gasteiger charge is 2.09. The van der Waals surface area contributed by atoms with Crippen molar-refractivity contribution < 1.29 is 0 Å². The Balaban J connectivity index is 2.35. The molecule has 2 aromatic heterocycles. The first-order valence-electron chi connectivity index (χ1n) is 5.18. The summed E-state index contributed by atoms with van der Waals surface area (Å²) < 4.78 is 3.93. The van der Waals surface area contributed by atoms with Crippen LogP contribution in [0.25, 0.3) is 0 Å². The van der Waals surface area contributed by atoms with Crippen LogP contribution in [0.1, 0.15) is 25.7 Å². The summed E-state index contributed by atoms with van der Waals surface area (Å²) in [4.78, 5) is 20.0. The molecule has 17 heavy (non-hydrogen) atoms. The quantitative estimate of drug-likeness (QED) is 0.781. The molecular formula is C10H12IN5O. The molecule has 0 spiro atoms. The van der Waals surface area contributed by atoms with Crippen LogP contribution >= 0.6 is 22.6 Å². The summed E-state index contributed by atoms with van der Waals surface area (Å²) >= 11 is 1.97. The molecule has 0 unspecified atom stereocenters.